The van der Waals surface area contributed by atoms with Crippen LogP contribution in [-0.4, -0.2) is 18.7 Å². The van der Waals surface area contributed by atoms with E-state index < -0.39 is 24.1 Å². The van der Waals surface area contributed by atoms with E-state index in [1.165, 1.54) is 0 Å². The molecule has 3 nitrogen and oxygen atoms in total. The van der Waals surface area contributed by atoms with Gasteiger partial charge in [-0.3, -0.25) is 0 Å². The number of hydroxylamine groups is 1. The maximum atomic E-state index is 11.5. The lowest BCUT2D eigenvalue weighted by atomic mass is 9.98. The van der Waals surface area contributed by atoms with E-state index in [1.807, 2.05) is 0 Å². The third-order valence-corrected chi connectivity index (χ3v) is 1.05. The fourth-order valence-electron chi connectivity index (χ4n) is 0.337. The van der Waals surface area contributed by atoms with Gasteiger partial charge in [0.1, 0.15) is 6.54 Å². The first-order chi connectivity index (χ1) is 5.63. The van der Waals surface area contributed by atoms with E-state index in [0.29, 0.717) is 0 Å². The molecule has 0 saturated carbocycles. The molecule has 6 heteroatoms. The van der Waals surface area contributed by atoms with Crippen LogP contribution in [0.5, 0.6) is 0 Å². The van der Waals surface area contributed by atoms with Crippen LogP contribution in [-0.2, 0) is 9.63 Å². The van der Waals surface area contributed by atoms with Crippen molar-refractivity contribution in [3.8, 4) is 0 Å². The molecule has 0 heterocycles. The van der Waals surface area contributed by atoms with E-state index in [0.717, 1.165) is 0 Å². The van der Waals surface area contributed by atoms with E-state index in [4.69, 9.17) is 0 Å². The second kappa shape index (κ2) is 3.95. The van der Waals surface area contributed by atoms with Crippen molar-refractivity contribution in [2.24, 2.45) is 5.41 Å². The first kappa shape index (κ1) is 12.2. The summed E-state index contributed by atoms with van der Waals surface area (Å²) in [6, 6.07) is 0. The molecule has 0 fully saturated rings. The number of hydrogen-bond donors (Lipinski definition) is 1. The lowest BCUT2D eigenvalue weighted by molar-refractivity contribution is -0.175. The largest absolute Gasteiger partial charge is 0.404 e. The number of hydrogen-bond acceptors (Lipinski definition) is 3. The van der Waals surface area contributed by atoms with Crippen LogP contribution in [0.15, 0.2) is 0 Å². The molecule has 0 amide bonds. The highest BCUT2D eigenvalue weighted by atomic mass is 19.4. The zero-order valence-corrected chi connectivity index (χ0v) is 7.66. The van der Waals surface area contributed by atoms with Gasteiger partial charge in [0, 0.05) is 0 Å². The average Bonchev–Trinajstić information content (AvgIpc) is 1.82. The van der Waals surface area contributed by atoms with Gasteiger partial charge in [0.25, 0.3) is 0 Å². The van der Waals surface area contributed by atoms with Gasteiger partial charge in [-0.25, -0.2) is 4.79 Å². The molecule has 78 valence electrons. The molecular weight excluding hydrogens is 187 g/mol. The van der Waals surface area contributed by atoms with E-state index in [1.54, 1.807) is 26.3 Å². The lowest BCUT2D eigenvalue weighted by Gasteiger charge is -2.16. The van der Waals surface area contributed by atoms with E-state index in [2.05, 4.69) is 4.84 Å². The molecule has 0 aromatic rings. The van der Waals surface area contributed by atoms with Crippen LogP contribution in [0, 0.1) is 5.41 Å². The topological polar surface area (TPSA) is 38.3 Å². The predicted molar refractivity (Wildman–Crippen MR) is 39.6 cm³/mol. The monoisotopic (exact) mass is 199 g/mol. The molecule has 0 aliphatic heterocycles. The van der Waals surface area contributed by atoms with Crippen molar-refractivity contribution in [2.45, 2.75) is 26.9 Å². The Balaban J connectivity index is 3.74. The molecule has 0 spiro atoms. The van der Waals surface area contributed by atoms with Crippen molar-refractivity contribution in [3.05, 3.63) is 0 Å². The molecule has 0 aromatic heterocycles. The van der Waals surface area contributed by atoms with Crippen LogP contribution in [0.1, 0.15) is 20.8 Å². The van der Waals surface area contributed by atoms with Gasteiger partial charge in [-0.1, -0.05) is 0 Å². The van der Waals surface area contributed by atoms with Gasteiger partial charge < -0.3 is 4.84 Å². The Morgan fingerprint density at radius 3 is 2.08 bits per heavy atom. The molecule has 0 aliphatic carbocycles. The maximum absolute atomic E-state index is 11.5. The van der Waals surface area contributed by atoms with Crippen molar-refractivity contribution in [1.82, 2.24) is 5.48 Å². The molecule has 0 aliphatic rings. The minimum atomic E-state index is -4.38. The predicted octanol–water partition coefficient (Wildman–Crippen LogP) is 1.64. The minimum absolute atomic E-state index is 0.725. The van der Waals surface area contributed by atoms with Gasteiger partial charge in [-0.05, 0) is 20.8 Å². The summed E-state index contributed by atoms with van der Waals surface area (Å²) in [4.78, 5) is 15.1. The van der Waals surface area contributed by atoms with Crippen molar-refractivity contribution in [2.75, 3.05) is 6.54 Å². The Kier molecular flexibility index (Phi) is 3.71. The molecule has 0 atom stereocenters. The highest BCUT2D eigenvalue weighted by molar-refractivity contribution is 5.75. The Morgan fingerprint density at radius 2 is 1.77 bits per heavy atom. The van der Waals surface area contributed by atoms with Crippen LogP contribution in [0.3, 0.4) is 0 Å². The lowest BCUT2D eigenvalue weighted by Crippen LogP contribution is -2.35. The highest BCUT2D eigenvalue weighted by Crippen LogP contribution is 2.15. The maximum Gasteiger partial charge on any atom is 0.404 e. The smallest absolute Gasteiger partial charge is 0.370 e. The van der Waals surface area contributed by atoms with Crippen LogP contribution in [0.4, 0.5) is 13.2 Å². The average molecular weight is 199 g/mol. The van der Waals surface area contributed by atoms with Crippen molar-refractivity contribution < 1.29 is 22.8 Å². The molecule has 0 aromatic carbocycles. The van der Waals surface area contributed by atoms with Crippen LogP contribution in [0.25, 0.3) is 0 Å². The van der Waals surface area contributed by atoms with Gasteiger partial charge in [0.05, 0.1) is 5.41 Å². The van der Waals surface area contributed by atoms with Crippen LogP contribution >= 0.6 is 0 Å². The minimum Gasteiger partial charge on any atom is -0.370 e. The number of rotatable bonds is 2. The Bertz CT molecular complexity index is 183. The summed E-state index contributed by atoms with van der Waals surface area (Å²) < 4.78 is 34.6. The number of nitrogens with one attached hydrogen (secondary N) is 1. The number of carbonyl (C=O) groups is 1. The Hall–Kier alpha value is -0.780. The summed E-state index contributed by atoms with van der Waals surface area (Å²) in [7, 11) is 0. The summed E-state index contributed by atoms with van der Waals surface area (Å²) in [6.07, 6.45) is -4.38. The van der Waals surface area contributed by atoms with Gasteiger partial charge in [0.15, 0.2) is 0 Å². The zero-order valence-electron chi connectivity index (χ0n) is 7.66. The molecular formula is C7H12F3NO2. The quantitative estimate of drug-likeness (QED) is 0.687. The third kappa shape index (κ3) is 6.39. The zero-order chi connectivity index (χ0) is 10.7. The highest BCUT2D eigenvalue weighted by Gasteiger charge is 2.29. The molecule has 0 rings (SSSR count). The second-order valence-electron chi connectivity index (χ2n) is 3.58. The Labute approximate surface area is 74.2 Å². The van der Waals surface area contributed by atoms with Gasteiger partial charge in [-0.15, -0.1) is 5.48 Å². The number of carbonyl (C=O) groups excluding carboxylic acids is 1. The summed E-state index contributed by atoms with van der Waals surface area (Å²) in [5.41, 5.74) is 0.750. The fourth-order valence-corrected chi connectivity index (χ4v) is 0.337. The first-order valence-corrected chi connectivity index (χ1v) is 3.64. The summed E-state index contributed by atoms with van der Waals surface area (Å²) in [6.45, 7) is 3.30. The van der Waals surface area contributed by atoms with E-state index in [9.17, 15) is 18.0 Å². The van der Waals surface area contributed by atoms with Gasteiger partial charge in [-0.2, -0.15) is 13.2 Å². The number of halogens is 3. The fraction of sp³-hybridized carbons (Fsp3) is 0.857. The van der Waals surface area contributed by atoms with E-state index in [-0.39, 0.29) is 0 Å². The Morgan fingerprint density at radius 1 is 1.31 bits per heavy atom. The SMILES string of the molecule is CC(C)(C)C(=O)ONCC(F)(F)F. The van der Waals surface area contributed by atoms with Gasteiger partial charge >= 0.3 is 12.1 Å². The molecule has 13 heavy (non-hydrogen) atoms. The van der Waals surface area contributed by atoms with Crippen molar-refractivity contribution >= 4 is 5.97 Å². The normalized spacial score (nSPS) is 12.8. The van der Waals surface area contributed by atoms with Gasteiger partial charge in [0.2, 0.25) is 0 Å². The molecule has 1 N–H and O–H groups in total. The molecule has 0 unspecified atom stereocenters. The van der Waals surface area contributed by atoms with Crippen molar-refractivity contribution in [1.29, 1.82) is 0 Å². The molecule has 0 radical (unpaired) electrons. The van der Waals surface area contributed by atoms with Crippen molar-refractivity contribution in [3.63, 3.8) is 0 Å². The molecule has 0 bridgehead atoms. The summed E-state index contributed by atoms with van der Waals surface area (Å²) >= 11 is 0. The molecule has 0 saturated heterocycles. The standard InChI is InChI=1S/C7H12F3NO2/c1-6(2,3)5(12)13-11-4-7(8,9)10/h11H,4H2,1-3H3. The van der Waals surface area contributed by atoms with Crippen LogP contribution in [0.2, 0.25) is 0 Å². The third-order valence-electron chi connectivity index (χ3n) is 1.05. The second-order valence-corrected chi connectivity index (χ2v) is 3.58. The summed E-state index contributed by atoms with van der Waals surface area (Å²) in [5, 5.41) is 0. The van der Waals surface area contributed by atoms with Crippen LogP contribution < -0.4 is 5.48 Å². The summed E-state index contributed by atoms with van der Waals surface area (Å²) in [5.74, 6) is -0.725. The van der Waals surface area contributed by atoms with E-state index >= 15 is 0 Å². The number of alkyl halides is 3. The first-order valence-electron chi connectivity index (χ1n) is 3.64.